The maximum absolute atomic E-state index is 5.57. The first-order chi connectivity index (χ1) is 6.90. The van der Waals surface area contributed by atoms with Crippen LogP contribution in [0.25, 0.3) is 0 Å². The smallest absolute Gasteiger partial charge is 0.0510 e. The minimum Gasteiger partial charge on any atom is -0.381 e. The predicted molar refractivity (Wildman–Crippen MR) is 58.1 cm³/mol. The van der Waals surface area contributed by atoms with Crippen LogP contribution in [0.1, 0.15) is 12.0 Å². The molecule has 0 aromatic carbocycles. The molecule has 2 heterocycles. The molecule has 2 atom stereocenters. The van der Waals surface area contributed by atoms with Crippen LogP contribution in [0.5, 0.6) is 0 Å². The monoisotopic (exact) mass is 212 g/mol. The lowest BCUT2D eigenvalue weighted by molar-refractivity contribution is 0.176. The number of nitrogens with one attached hydrogen (secondary N) is 1. The van der Waals surface area contributed by atoms with Gasteiger partial charge in [0.05, 0.1) is 6.61 Å². The lowest BCUT2D eigenvalue weighted by atomic mass is 9.94. The number of hydrogen-bond donors (Lipinski definition) is 2. The number of nitrogens with two attached hydrogens (primary N) is 1. The second kappa shape index (κ2) is 4.89. The molecule has 2 unspecified atom stereocenters. The predicted octanol–water partition coefficient (Wildman–Crippen LogP) is 1.16. The van der Waals surface area contributed by atoms with Crippen molar-refractivity contribution >= 4 is 11.3 Å². The van der Waals surface area contributed by atoms with Crippen LogP contribution in [0, 0.1) is 5.92 Å². The summed E-state index contributed by atoms with van der Waals surface area (Å²) in [6.45, 7) is 1.73. The Hall–Kier alpha value is -0.420. The van der Waals surface area contributed by atoms with E-state index in [1.165, 1.54) is 5.56 Å². The van der Waals surface area contributed by atoms with Crippen molar-refractivity contribution in [1.29, 1.82) is 0 Å². The number of hydrazine groups is 1. The van der Waals surface area contributed by atoms with E-state index in [0.29, 0.717) is 12.0 Å². The third kappa shape index (κ3) is 2.33. The molecule has 2 rings (SSSR count). The van der Waals surface area contributed by atoms with Gasteiger partial charge in [-0.25, -0.2) is 0 Å². The maximum atomic E-state index is 5.57. The lowest BCUT2D eigenvalue weighted by Gasteiger charge is -2.20. The highest BCUT2D eigenvalue weighted by Crippen LogP contribution is 2.20. The third-order valence-electron chi connectivity index (χ3n) is 2.78. The molecule has 1 aliphatic rings. The van der Waals surface area contributed by atoms with E-state index in [1.807, 2.05) is 0 Å². The van der Waals surface area contributed by atoms with Crippen molar-refractivity contribution in [3.63, 3.8) is 0 Å². The van der Waals surface area contributed by atoms with Crippen LogP contribution >= 0.6 is 11.3 Å². The molecule has 4 heteroatoms. The van der Waals surface area contributed by atoms with Gasteiger partial charge in [-0.1, -0.05) is 0 Å². The minimum absolute atomic E-state index is 0.354. The van der Waals surface area contributed by atoms with E-state index in [0.717, 1.165) is 26.1 Å². The van der Waals surface area contributed by atoms with Crippen molar-refractivity contribution in [3.05, 3.63) is 22.4 Å². The Kier molecular flexibility index (Phi) is 3.53. The van der Waals surface area contributed by atoms with E-state index in [1.54, 1.807) is 11.3 Å². The van der Waals surface area contributed by atoms with Crippen molar-refractivity contribution in [3.8, 4) is 0 Å². The van der Waals surface area contributed by atoms with E-state index < -0.39 is 0 Å². The summed E-state index contributed by atoms with van der Waals surface area (Å²) in [5.74, 6) is 6.14. The zero-order chi connectivity index (χ0) is 9.80. The molecule has 1 aromatic rings. The summed E-state index contributed by atoms with van der Waals surface area (Å²) >= 11 is 1.73. The molecule has 3 N–H and O–H groups in total. The highest BCUT2D eigenvalue weighted by molar-refractivity contribution is 7.07. The van der Waals surface area contributed by atoms with Gasteiger partial charge in [-0.05, 0) is 35.2 Å². The first kappa shape index (κ1) is 10.1. The Morgan fingerprint density at radius 2 is 2.64 bits per heavy atom. The molecule has 1 fully saturated rings. The van der Waals surface area contributed by atoms with Gasteiger partial charge in [-0.3, -0.25) is 11.3 Å². The average Bonchev–Trinajstić information content (AvgIpc) is 2.86. The van der Waals surface area contributed by atoms with Gasteiger partial charge in [-0.15, -0.1) is 0 Å². The molecule has 14 heavy (non-hydrogen) atoms. The topological polar surface area (TPSA) is 47.3 Å². The van der Waals surface area contributed by atoms with E-state index >= 15 is 0 Å². The zero-order valence-corrected chi connectivity index (χ0v) is 8.93. The summed E-state index contributed by atoms with van der Waals surface area (Å²) in [5.41, 5.74) is 4.27. The van der Waals surface area contributed by atoms with Gasteiger partial charge in [-0.2, -0.15) is 11.3 Å². The highest BCUT2D eigenvalue weighted by Gasteiger charge is 2.24. The van der Waals surface area contributed by atoms with Crippen molar-refractivity contribution < 1.29 is 4.74 Å². The van der Waals surface area contributed by atoms with Gasteiger partial charge in [0.15, 0.2) is 0 Å². The van der Waals surface area contributed by atoms with Gasteiger partial charge in [0, 0.05) is 18.6 Å². The first-order valence-electron chi connectivity index (χ1n) is 4.95. The first-order valence-corrected chi connectivity index (χ1v) is 5.89. The largest absolute Gasteiger partial charge is 0.381 e. The SMILES string of the molecule is NNC(Cc1ccsc1)C1CCOC1. The molecule has 0 saturated carbocycles. The molecule has 0 spiro atoms. The number of rotatable bonds is 4. The van der Waals surface area contributed by atoms with E-state index in [-0.39, 0.29) is 0 Å². The Morgan fingerprint density at radius 3 is 3.21 bits per heavy atom. The molecule has 78 valence electrons. The van der Waals surface area contributed by atoms with Crippen LogP contribution in [0.15, 0.2) is 16.8 Å². The highest BCUT2D eigenvalue weighted by atomic mass is 32.1. The standard InChI is InChI=1S/C10H16N2OS/c11-12-10(9-1-3-13-6-9)5-8-2-4-14-7-8/h2,4,7,9-10,12H,1,3,5-6,11H2. The summed E-state index contributed by atoms with van der Waals surface area (Å²) < 4.78 is 5.37. The number of hydrogen-bond acceptors (Lipinski definition) is 4. The van der Waals surface area contributed by atoms with Gasteiger partial charge in [0.25, 0.3) is 0 Å². The van der Waals surface area contributed by atoms with Crippen LogP contribution in [0.3, 0.4) is 0 Å². The number of ether oxygens (including phenoxy) is 1. The Bertz CT molecular complexity index is 257. The van der Waals surface area contributed by atoms with Crippen molar-refractivity contribution in [1.82, 2.24) is 5.43 Å². The van der Waals surface area contributed by atoms with Gasteiger partial charge >= 0.3 is 0 Å². The van der Waals surface area contributed by atoms with Gasteiger partial charge in [0.1, 0.15) is 0 Å². The quantitative estimate of drug-likeness (QED) is 0.581. The summed E-state index contributed by atoms with van der Waals surface area (Å²) in [6.07, 6.45) is 2.13. The molecular weight excluding hydrogens is 196 g/mol. The summed E-state index contributed by atoms with van der Waals surface area (Å²) in [5, 5.41) is 4.29. The van der Waals surface area contributed by atoms with Gasteiger partial charge in [0.2, 0.25) is 0 Å². The fourth-order valence-corrected chi connectivity index (χ4v) is 2.58. The van der Waals surface area contributed by atoms with Crippen molar-refractivity contribution in [2.75, 3.05) is 13.2 Å². The molecule has 1 aromatic heterocycles. The fourth-order valence-electron chi connectivity index (χ4n) is 1.89. The normalized spacial score (nSPS) is 23.9. The number of thiophene rings is 1. The lowest BCUT2D eigenvalue weighted by Crippen LogP contribution is -2.42. The molecule has 3 nitrogen and oxygen atoms in total. The molecular formula is C10H16N2OS. The van der Waals surface area contributed by atoms with Crippen LogP contribution in [-0.4, -0.2) is 19.3 Å². The molecule has 0 bridgehead atoms. The maximum Gasteiger partial charge on any atom is 0.0510 e. The Morgan fingerprint density at radius 1 is 1.71 bits per heavy atom. The average molecular weight is 212 g/mol. The molecule has 1 aliphatic heterocycles. The minimum atomic E-state index is 0.354. The van der Waals surface area contributed by atoms with E-state index in [9.17, 15) is 0 Å². The molecule has 0 aliphatic carbocycles. The molecule has 1 saturated heterocycles. The van der Waals surface area contributed by atoms with E-state index in [4.69, 9.17) is 10.6 Å². The summed E-state index contributed by atoms with van der Waals surface area (Å²) in [6, 6.07) is 2.51. The summed E-state index contributed by atoms with van der Waals surface area (Å²) in [7, 11) is 0. The van der Waals surface area contributed by atoms with E-state index in [2.05, 4.69) is 22.3 Å². The van der Waals surface area contributed by atoms with Crippen LogP contribution in [0.4, 0.5) is 0 Å². The molecule has 0 radical (unpaired) electrons. The molecule has 0 amide bonds. The van der Waals surface area contributed by atoms with Crippen LogP contribution in [0.2, 0.25) is 0 Å². The van der Waals surface area contributed by atoms with Gasteiger partial charge < -0.3 is 4.74 Å². The Balaban J connectivity index is 1.92. The fraction of sp³-hybridized carbons (Fsp3) is 0.600. The van der Waals surface area contributed by atoms with Crippen molar-refractivity contribution in [2.45, 2.75) is 18.9 Å². The Labute approximate surface area is 88.2 Å². The van der Waals surface area contributed by atoms with Crippen LogP contribution < -0.4 is 11.3 Å². The third-order valence-corrected chi connectivity index (χ3v) is 3.52. The van der Waals surface area contributed by atoms with Crippen LogP contribution in [-0.2, 0) is 11.2 Å². The second-order valence-electron chi connectivity index (χ2n) is 3.73. The zero-order valence-electron chi connectivity index (χ0n) is 8.11. The summed E-state index contributed by atoms with van der Waals surface area (Å²) in [4.78, 5) is 0. The van der Waals surface area contributed by atoms with Crippen molar-refractivity contribution in [2.24, 2.45) is 11.8 Å². The second-order valence-corrected chi connectivity index (χ2v) is 4.51.